The molecule has 0 aromatic rings. The molecule has 0 radical (unpaired) electrons. The third-order valence-electron chi connectivity index (χ3n) is 0.453. The SMILES string of the molecule is C=CC([SiH3])=NO. The highest BCUT2D eigenvalue weighted by Gasteiger charge is 1.71. The molecule has 6 heavy (non-hydrogen) atoms. The minimum absolute atomic E-state index is 0.676. The zero-order chi connectivity index (χ0) is 4.99. The van der Waals surface area contributed by atoms with E-state index < -0.39 is 0 Å². The molecule has 0 saturated carbocycles. The molecule has 0 saturated heterocycles. The van der Waals surface area contributed by atoms with Crippen LogP contribution in [0.5, 0.6) is 0 Å². The number of hydrogen-bond acceptors (Lipinski definition) is 2. The quantitative estimate of drug-likeness (QED) is 0.202. The maximum Gasteiger partial charge on any atom is 0.0667 e. The molecule has 0 amide bonds. The lowest BCUT2D eigenvalue weighted by atomic mass is 10.7. The molecule has 0 fully saturated rings. The molecule has 3 heteroatoms. The van der Waals surface area contributed by atoms with E-state index in [2.05, 4.69) is 11.7 Å². The van der Waals surface area contributed by atoms with E-state index in [1.807, 2.05) is 0 Å². The van der Waals surface area contributed by atoms with Gasteiger partial charge in [0.15, 0.2) is 0 Å². The van der Waals surface area contributed by atoms with Crippen LogP contribution in [-0.4, -0.2) is 20.8 Å². The van der Waals surface area contributed by atoms with Crippen molar-refractivity contribution in [3.05, 3.63) is 12.7 Å². The summed E-state index contributed by atoms with van der Waals surface area (Å²) in [7, 11) is 0.772. The van der Waals surface area contributed by atoms with Crippen molar-refractivity contribution >= 4 is 15.6 Å². The fraction of sp³-hybridized carbons (Fsp3) is 0. The third kappa shape index (κ3) is 1.72. The van der Waals surface area contributed by atoms with Crippen LogP contribution in [0, 0.1) is 0 Å². The van der Waals surface area contributed by atoms with E-state index in [1.165, 1.54) is 6.08 Å². The van der Waals surface area contributed by atoms with Crippen LogP contribution in [0.15, 0.2) is 17.8 Å². The molecule has 0 unspecified atom stereocenters. The number of allylic oxidation sites excluding steroid dienone is 1. The average molecular weight is 101 g/mol. The molecule has 2 nitrogen and oxygen atoms in total. The first-order chi connectivity index (χ1) is 2.81. The zero-order valence-corrected chi connectivity index (χ0v) is 5.68. The van der Waals surface area contributed by atoms with Crippen molar-refractivity contribution in [3.63, 3.8) is 0 Å². The van der Waals surface area contributed by atoms with E-state index >= 15 is 0 Å². The zero-order valence-electron chi connectivity index (χ0n) is 3.68. The summed E-state index contributed by atoms with van der Waals surface area (Å²) in [5.41, 5.74) is 0. The summed E-state index contributed by atoms with van der Waals surface area (Å²) >= 11 is 0. The van der Waals surface area contributed by atoms with Crippen LogP contribution in [0.4, 0.5) is 0 Å². The standard InChI is InChI=1S/C3H7NOSi/c1-2-3(6)4-5/h2,5H,1H2,6H3. The maximum absolute atomic E-state index is 7.89. The second-order valence-corrected chi connectivity index (χ2v) is 1.97. The topological polar surface area (TPSA) is 32.6 Å². The van der Waals surface area contributed by atoms with E-state index in [0.29, 0.717) is 5.33 Å². The van der Waals surface area contributed by atoms with E-state index in [0.717, 1.165) is 10.2 Å². The molecule has 0 atom stereocenters. The Kier molecular flexibility index (Phi) is 2.40. The van der Waals surface area contributed by atoms with E-state index in [1.54, 1.807) is 0 Å². The fourth-order valence-corrected chi connectivity index (χ4v) is 0.0408. The van der Waals surface area contributed by atoms with Gasteiger partial charge in [0.1, 0.15) is 0 Å². The first-order valence-corrected chi connectivity index (χ1v) is 2.62. The monoisotopic (exact) mass is 101 g/mol. The fourth-order valence-electron chi connectivity index (χ4n) is 0.0408. The van der Waals surface area contributed by atoms with Crippen molar-refractivity contribution < 1.29 is 5.21 Å². The van der Waals surface area contributed by atoms with Gasteiger partial charge in [0.05, 0.1) is 15.6 Å². The molecule has 0 aliphatic carbocycles. The molecule has 0 aromatic heterocycles. The molecule has 0 bridgehead atoms. The molecule has 0 aliphatic rings. The van der Waals surface area contributed by atoms with Crippen LogP contribution in [0.2, 0.25) is 0 Å². The van der Waals surface area contributed by atoms with Gasteiger partial charge in [-0.1, -0.05) is 12.7 Å². The van der Waals surface area contributed by atoms with Gasteiger partial charge < -0.3 is 5.21 Å². The Morgan fingerprint density at radius 1 is 2.00 bits per heavy atom. The molecule has 0 aromatic carbocycles. The van der Waals surface area contributed by atoms with Crippen molar-refractivity contribution in [2.24, 2.45) is 5.16 Å². The van der Waals surface area contributed by atoms with Crippen molar-refractivity contribution in [2.75, 3.05) is 0 Å². The summed E-state index contributed by atoms with van der Waals surface area (Å²) in [6, 6.07) is 0. The van der Waals surface area contributed by atoms with Crippen LogP contribution in [0.1, 0.15) is 0 Å². The Balaban J connectivity index is 3.50. The van der Waals surface area contributed by atoms with Crippen molar-refractivity contribution in [2.45, 2.75) is 0 Å². The van der Waals surface area contributed by atoms with Gasteiger partial charge in [-0.05, 0) is 0 Å². The Labute approximate surface area is 39.6 Å². The molecule has 0 spiro atoms. The van der Waals surface area contributed by atoms with Crippen LogP contribution < -0.4 is 0 Å². The minimum atomic E-state index is 0.676. The molecule has 1 N–H and O–H groups in total. The Morgan fingerprint density at radius 3 is 2.50 bits per heavy atom. The molecule has 0 aliphatic heterocycles. The first-order valence-electron chi connectivity index (χ1n) is 1.62. The molecule has 0 rings (SSSR count). The van der Waals surface area contributed by atoms with Gasteiger partial charge in [0.25, 0.3) is 0 Å². The second kappa shape index (κ2) is 2.65. The number of hydrogen-bond donors (Lipinski definition) is 1. The number of nitrogens with zero attached hydrogens (tertiary/aromatic N) is 1. The van der Waals surface area contributed by atoms with Gasteiger partial charge in [-0.3, -0.25) is 0 Å². The Morgan fingerprint density at radius 2 is 2.50 bits per heavy atom. The third-order valence-corrected chi connectivity index (χ3v) is 1.06. The van der Waals surface area contributed by atoms with Gasteiger partial charge in [-0.15, -0.1) is 5.16 Å². The summed E-state index contributed by atoms with van der Waals surface area (Å²) in [6.45, 7) is 3.38. The normalized spacial score (nSPS) is 11.7. The lowest BCUT2D eigenvalue weighted by Gasteiger charge is -1.76. The molecule has 34 valence electrons. The number of rotatable bonds is 1. The van der Waals surface area contributed by atoms with Crippen molar-refractivity contribution in [3.8, 4) is 0 Å². The predicted molar refractivity (Wildman–Crippen MR) is 29.4 cm³/mol. The van der Waals surface area contributed by atoms with Crippen LogP contribution in [0.3, 0.4) is 0 Å². The van der Waals surface area contributed by atoms with Gasteiger partial charge in [0, 0.05) is 0 Å². The van der Waals surface area contributed by atoms with Crippen molar-refractivity contribution in [1.29, 1.82) is 0 Å². The number of oxime groups is 1. The van der Waals surface area contributed by atoms with E-state index in [4.69, 9.17) is 5.21 Å². The highest BCUT2D eigenvalue weighted by molar-refractivity contribution is 6.62. The lowest BCUT2D eigenvalue weighted by Crippen LogP contribution is -1.87. The average Bonchev–Trinajstić information content (AvgIpc) is 1.65. The predicted octanol–water partition coefficient (Wildman–Crippen LogP) is -0.675. The summed E-state index contributed by atoms with van der Waals surface area (Å²) in [5.74, 6) is 0. The van der Waals surface area contributed by atoms with Gasteiger partial charge in [0.2, 0.25) is 0 Å². The summed E-state index contributed by atoms with van der Waals surface area (Å²) < 4.78 is 0. The van der Waals surface area contributed by atoms with Crippen LogP contribution in [0.25, 0.3) is 0 Å². The lowest BCUT2D eigenvalue weighted by molar-refractivity contribution is 0.321. The highest BCUT2D eigenvalue weighted by Crippen LogP contribution is 1.64. The second-order valence-electron chi connectivity index (χ2n) is 0.946. The molecular formula is C3H7NOSi. The van der Waals surface area contributed by atoms with Gasteiger partial charge in [-0.2, -0.15) is 0 Å². The van der Waals surface area contributed by atoms with Gasteiger partial charge >= 0.3 is 0 Å². The van der Waals surface area contributed by atoms with Crippen LogP contribution >= 0.6 is 0 Å². The van der Waals surface area contributed by atoms with Crippen molar-refractivity contribution in [1.82, 2.24) is 0 Å². The molecular weight excluding hydrogens is 94.1 g/mol. The highest BCUT2D eigenvalue weighted by atomic mass is 28.1. The summed E-state index contributed by atoms with van der Waals surface area (Å²) in [4.78, 5) is 0. The first kappa shape index (κ1) is 5.43. The minimum Gasteiger partial charge on any atom is -0.411 e. The van der Waals surface area contributed by atoms with E-state index in [9.17, 15) is 0 Å². The molecule has 0 heterocycles. The van der Waals surface area contributed by atoms with Gasteiger partial charge in [-0.25, -0.2) is 0 Å². The smallest absolute Gasteiger partial charge is 0.0667 e. The maximum atomic E-state index is 7.89. The Bertz CT molecular complexity index is 78.9. The van der Waals surface area contributed by atoms with E-state index in [-0.39, 0.29) is 0 Å². The summed E-state index contributed by atoms with van der Waals surface area (Å²) in [6.07, 6.45) is 1.53. The van der Waals surface area contributed by atoms with Crippen LogP contribution in [-0.2, 0) is 0 Å². The largest absolute Gasteiger partial charge is 0.411 e. The summed E-state index contributed by atoms with van der Waals surface area (Å²) in [5, 5.41) is 11.4. The Hall–Kier alpha value is -0.573.